The Morgan fingerprint density at radius 2 is 2.07 bits per heavy atom. The number of rotatable bonds is 3. The number of hydrogen-bond donors (Lipinski definition) is 0. The second-order valence-corrected chi connectivity index (χ2v) is 4.43. The van der Waals surface area contributed by atoms with Crippen molar-refractivity contribution >= 4 is 35.0 Å². The molecule has 1 aromatic heterocycles. The van der Waals surface area contributed by atoms with Gasteiger partial charge in [-0.2, -0.15) is 4.98 Å². The van der Waals surface area contributed by atoms with Crippen LogP contribution in [-0.2, 0) is 5.75 Å². The third-order valence-corrected chi connectivity index (χ3v) is 3.30. The molecule has 0 atom stereocenters. The Balaban J connectivity index is 2.02. The van der Waals surface area contributed by atoms with E-state index < -0.39 is 0 Å². The summed E-state index contributed by atoms with van der Waals surface area (Å²) in [5, 5.41) is 4.46. The van der Waals surface area contributed by atoms with Gasteiger partial charge in [0, 0.05) is 4.90 Å². The number of nitrogens with zero attached hydrogens (tertiary/aromatic N) is 2. The largest absolute Gasteiger partial charge is 0.321 e. The van der Waals surface area contributed by atoms with Gasteiger partial charge >= 0.3 is 5.35 Å². The molecule has 0 saturated heterocycles. The van der Waals surface area contributed by atoms with Crippen molar-refractivity contribution < 1.29 is 4.52 Å². The summed E-state index contributed by atoms with van der Waals surface area (Å²) >= 11 is 13.0. The molecule has 0 aliphatic carbocycles. The van der Waals surface area contributed by atoms with E-state index in [-0.39, 0.29) is 5.35 Å². The molecule has 0 aliphatic rings. The van der Waals surface area contributed by atoms with E-state index in [1.54, 1.807) is 0 Å². The molecular weight excluding hydrogens is 255 g/mol. The molecule has 2 aromatic rings. The van der Waals surface area contributed by atoms with Crippen LogP contribution < -0.4 is 0 Å². The molecule has 0 radical (unpaired) electrons. The molecule has 15 heavy (non-hydrogen) atoms. The summed E-state index contributed by atoms with van der Waals surface area (Å²) in [5.41, 5.74) is 0. The number of halogens is 2. The maximum absolute atomic E-state index is 5.98. The minimum atomic E-state index is 0.0600. The molecule has 0 amide bonds. The summed E-state index contributed by atoms with van der Waals surface area (Å²) in [4.78, 5) is 4.87. The standard InChI is InChI=1S/C9H6Cl2N2OS/c10-6-3-1-2-4-7(6)15-5-8-12-9(11)14-13-8/h1-4H,5H2. The average molecular weight is 261 g/mol. The Morgan fingerprint density at radius 1 is 1.27 bits per heavy atom. The van der Waals surface area contributed by atoms with E-state index >= 15 is 0 Å². The Labute approximate surface area is 101 Å². The molecule has 0 fully saturated rings. The van der Waals surface area contributed by atoms with E-state index in [0.717, 1.165) is 9.92 Å². The highest BCUT2D eigenvalue weighted by Crippen LogP contribution is 2.28. The van der Waals surface area contributed by atoms with Gasteiger partial charge in [-0.05, 0) is 23.7 Å². The molecule has 2 rings (SSSR count). The number of benzene rings is 1. The highest BCUT2D eigenvalue weighted by molar-refractivity contribution is 7.98. The topological polar surface area (TPSA) is 38.9 Å². The maximum atomic E-state index is 5.98. The minimum absolute atomic E-state index is 0.0600. The number of hydrogen-bond acceptors (Lipinski definition) is 4. The molecule has 78 valence electrons. The van der Waals surface area contributed by atoms with Gasteiger partial charge in [-0.25, -0.2) is 0 Å². The Hall–Kier alpha value is -0.710. The van der Waals surface area contributed by atoms with Crippen LogP contribution in [0, 0.1) is 0 Å². The van der Waals surface area contributed by atoms with Gasteiger partial charge in [-0.3, -0.25) is 0 Å². The van der Waals surface area contributed by atoms with E-state index in [1.807, 2.05) is 24.3 Å². The second-order valence-electron chi connectivity index (χ2n) is 2.68. The van der Waals surface area contributed by atoms with Gasteiger partial charge in [0.05, 0.1) is 10.8 Å². The SMILES string of the molecule is Clc1nc(CSc2ccccc2Cl)no1. The molecular formula is C9H6Cl2N2OS. The molecule has 0 spiro atoms. The van der Waals surface area contributed by atoms with Gasteiger partial charge in [0.2, 0.25) is 0 Å². The Morgan fingerprint density at radius 3 is 2.73 bits per heavy atom. The first-order valence-electron chi connectivity index (χ1n) is 4.11. The van der Waals surface area contributed by atoms with Gasteiger partial charge in [-0.15, -0.1) is 11.8 Å². The van der Waals surface area contributed by atoms with Crippen molar-refractivity contribution in [1.29, 1.82) is 0 Å². The molecule has 0 unspecified atom stereocenters. The number of thioether (sulfide) groups is 1. The van der Waals surface area contributed by atoms with Crippen molar-refractivity contribution in [2.24, 2.45) is 0 Å². The summed E-state index contributed by atoms with van der Waals surface area (Å²) in [6.07, 6.45) is 0. The summed E-state index contributed by atoms with van der Waals surface area (Å²) in [5.74, 6) is 1.14. The summed E-state index contributed by atoms with van der Waals surface area (Å²) in [6, 6.07) is 7.59. The van der Waals surface area contributed by atoms with Crippen molar-refractivity contribution in [2.45, 2.75) is 10.6 Å². The van der Waals surface area contributed by atoms with Crippen molar-refractivity contribution in [3.8, 4) is 0 Å². The molecule has 3 nitrogen and oxygen atoms in total. The molecule has 0 bridgehead atoms. The third kappa shape index (κ3) is 2.87. The summed E-state index contributed by atoms with van der Waals surface area (Å²) < 4.78 is 4.64. The molecule has 1 aromatic carbocycles. The van der Waals surface area contributed by atoms with Crippen molar-refractivity contribution in [3.05, 3.63) is 40.5 Å². The normalized spacial score (nSPS) is 10.5. The van der Waals surface area contributed by atoms with Crippen LogP contribution in [0.1, 0.15) is 5.82 Å². The lowest BCUT2D eigenvalue weighted by Gasteiger charge is -2.00. The fourth-order valence-electron chi connectivity index (χ4n) is 0.995. The molecule has 6 heteroatoms. The zero-order valence-corrected chi connectivity index (χ0v) is 9.81. The average Bonchev–Trinajstić information content (AvgIpc) is 2.63. The molecule has 0 aliphatic heterocycles. The highest BCUT2D eigenvalue weighted by Gasteiger charge is 2.05. The minimum Gasteiger partial charge on any atom is -0.321 e. The van der Waals surface area contributed by atoms with Gasteiger partial charge in [0.25, 0.3) is 0 Å². The summed E-state index contributed by atoms with van der Waals surface area (Å²) in [6.45, 7) is 0. The third-order valence-electron chi connectivity index (χ3n) is 1.64. The first-order valence-corrected chi connectivity index (χ1v) is 5.85. The van der Waals surface area contributed by atoms with Crippen LogP contribution >= 0.6 is 35.0 Å². The zero-order valence-electron chi connectivity index (χ0n) is 7.48. The Bertz CT molecular complexity index is 461. The van der Waals surface area contributed by atoms with Crippen LogP contribution in [-0.4, -0.2) is 10.1 Å². The first-order chi connectivity index (χ1) is 7.25. The first kappa shape index (κ1) is 10.8. The van der Waals surface area contributed by atoms with E-state index in [1.165, 1.54) is 11.8 Å². The predicted molar refractivity (Wildman–Crippen MR) is 60.3 cm³/mol. The summed E-state index contributed by atoms with van der Waals surface area (Å²) in [7, 11) is 0. The lowest BCUT2D eigenvalue weighted by Crippen LogP contribution is -1.83. The van der Waals surface area contributed by atoms with Crippen LogP contribution in [0.4, 0.5) is 0 Å². The fourth-order valence-corrected chi connectivity index (χ4v) is 2.21. The van der Waals surface area contributed by atoms with Gasteiger partial charge in [0.1, 0.15) is 0 Å². The molecule has 0 saturated carbocycles. The Kier molecular flexibility index (Phi) is 3.51. The zero-order chi connectivity index (χ0) is 10.7. The van der Waals surface area contributed by atoms with Crippen LogP contribution in [0.25, 0.3) is 0 Å². The van der Waals surface area contributed by atoms with E-state index in [2.05, 4.69) is 14.7 Å². The van der Waals surface area contributed by atoms with E-state index in [4.69, 9.17) is 23.2 Å². The predicted octanol–water partition coefficient (Wildman–Crippen LogP) is 3.67. The van der Waals surface area contributed by atoms with Crippen molar-refractivity contribution in [2.75, 3.05) is 0 Å². The molecule has 0 N–H and O–H groups in total. The lowest BCUT2D eigenvalue weighted by atomic mass is 10.4. The highest BCUT2D eigenvalue weighted by atomic mass is 35.5. The van der Waals surface area contributed by atoms with Crippen molar-refractivity contribution in [3.63, 3.8) is 0 Å². The van der Waals surface area contributed by atoms with Crippen molar-refractivity contribution in [1.82, 2.24) is 10.1 Å². The quantitative estimate of drug-likeness (QED) is 0.790. The second kappa shape index (κ2) is 4.88. The van der Waals surface area contributed by atoms with Gasteiger partial charge in [0.15, 0.2) is 5.82 Å². The van der Waals surface area contributed by atoms with Crippen LogP contribution in [0.2, 0.25) is 10.4 Å². The fraction of sp³-hybridized carbons (Fsp3) is 0.111. The lowest BCUT2D eigenvalue weighted by molar-refractivity contribution is 0.414. The van der Waals surface area contributed by atoms with E-state index in [9.17, 15) is 0 Å². The van der Waals surface area contributed by atoms with E-state index in [0.29, 0.717) is 11.6 Å². The van der Waals surface area contributed by atoms with Crippen LogP contribution in [0.15, 0.2) is 33.7 Å². The van der Waals surface area contributed by atoms with Crippen LogP contribution in [0.3, 0.4) is 0 Å². The smallest absolute Gasteiger partial charge is 0.320 e. The van der Waals surface area contributed by atoms with Gasteiger partial charge in [-0.1, -0.05) is 28.9 Å². The maximum Gasteiger partial charge on any atom is 0.320 e. The van der Waals surface area contributed by atoms with Crippen LogP contribution in [0.5, 0.6) is 0 Å². The van der Waals surface area contributed by atoms with Gasteiger partial charge < -0.3 is 4.52 Å². The number of aromatic nitrogens is 2. The monoisotopic (exact) mass is 260 g/mol. The molecule has 1 heterocycles.